The Morgan fingerprint density at radius 3 is 2.93 bits per heavy atom. The first-order valence-electron chi connectivity index (χ1n) is 4.58. The van der Waals surface area contributed by atoms with Crippen LogP contribution in [0.15, 0.2) is 18.2 Å². The monoisotopic (exact) mass is 211 g/mol. The predicted molar refractivity (Wildman–Crippen MR) is 59.7 cm³/mol. The van der Waals surface area contributed by atoms with E-state index in [1.54, 1.807) is 6.07 Å². The lowest BCUT2D eigenvalue weighted by atomic mass is 10.4. The van der Waals surface area contributed by atoms with Crippen LogP contribution in [-0.2, 0) is 0 Å². The van der Waals surface area contributed by atoms with E-state index in [1.807, 2.05) is 19.9 Å². The van der Waals surface area contributed by atoms with Gasteiger partial charge in [0.25, 0.3) is 0 Å². The van der Waals surface area contributed by atoms with Crippen LogP contribution in [0.3, 0.4) is 0 Å². The summed E-state index contributed by atoms with van der Waals surface area (Å²) >= 11 is 5.79. The molecule has 0 fully saturated rings. The fourth-order valence-corrected chi connectivity index (χ4v) is 1.30. The molecule has 0 amide bonds. The molecule has 1 rings (SSSR count). The number of anilines is 1. The summed E-state index contributed by atoms with van der Waals surface area (Å²) in [5, 5.41) is 3.65. The Kier molecular flexibility index (Phi) is 4.40. The zero-order chi connectivity index (χ0) is 10.4. The summed E-state index contributed by atoms with van der Waals surface area (Å²) < 4.78 is 0. The maximum absolute atomic E-state index is 5.79. The maximum Gasteiger partial charge on any atom is 0.134 e. The van der Waals surface area contributed by atoms with Gasteiger partial charge in [-0.05, 0) is 20.3 Å². The summed E-state index contributed by atoms with van der Waals surface area (Å²) in [6.07, 6.45) is 5.11. The molecule has 0 aromatic carbocycles. The van der Waals surface area contributed by atoms with Gasteiger partial charge in [0.05, 0.1) is 0 Å². The predicted octanol–water partition coefficient (Wildman–Crippen LogP) is 2.82. The summed E-state index contributed by atoms with van der Waals surface area (Å²) in [6.45, 7) is 4.69. The first kappa shape index (κ1) is 11.0. The van der Waals surface area contributed by atoms with Crippen molar-refractivity contribution in [2.45, 2.75) is 20.3 Å². The Morgan fingerprint density at radius 2 is 2.29 bits per heavy atom. The van der Waals surface area contributed by atoms with E-state index in [4.69, 9.17) is 11.6 Å². The Hall–Kier alpha value is -1.09. The summed E-state index contributed by atoms with van der Waals surface area (Å²) in [4.78, 5) is 8.18. The summed E-state index contributed by atoms with van der Waals surface area (Å²) in [6, 6.07) is 1.73. The highest BCUT2D eigenvalue weighted by Crippen LogP contribution is 2.10. The van der Waals surface area contributed by atoms with Gasteiger partial charge in [-0.25, -0.2) is 9.97 Å². The number of aryl methyl sites for hydroxylation is 1. The molecule has 1 N–H and O–H groups in total. The number of rotatable bonds is 4. The van der Waals surface area contributed by atoms with Crippen LogP contribution in [0.25, 0.3) is 0 Å². The van der Waals surface area contributed by atoms with E-state index in [9.17, 15) is 0 Å². The Labute approximate surface area is 89.2 Å². The lowest BCUT2D eigenvalue weighted by Crippen LogP contribution is -2.03. The van der Waals surface area contributed by atoms with Gasteiger partial charge in [-0.3, -0.25) is 0 Å². The van der Waals surface area contributed by atoms with E-state index < -0.39 is 0 Å². The van der Waals surface area contributed by atoms with Crippen LogP contribution >= 0.6 is 11.6 Å². The molecule has 14 heavy (non-hydrogen) atoms. The fourth-order valence-electron chi connectivity index (χ4n) is 1.07. The number of hydrogen-bond donors (Lipinski definition) is 1. The minimum Gasteiger partial charge on any atom is -0.370 e. The molecular weight excluding hydrogens is 198 g/mol. The Morgan fingerprint density at radius 1 is 1.50 bits per heavy atom. The van der Waals surface area contributed by atoms with Crippen molar-refractivity contribution in [3.05, 3.63) is 29.2 Å². The van der Waals surface area contributed by atoms with Gasteiger partial charge in [-0.1, -0.05) is 23.8 Å². The molecule has 0 bridgehead atoms. The number of nitrogens with one attached hydrogen (secondary N) is 1. The first-order chi connectivity index (χ1) is 6.72. The van der Waals surface area contributed by atoms with Gasteiger partial charge in [0.1, 0.15) is 16.8 Å². The summed E-state index contributed by atoms with van der Waals surface area (Å²) in [5.74, 6) is 1.47. The van der Waals surface area contributed by atoms with Crippen molar-refractivity contribution in [2.24, 2.45) is 0 Å². The van der Waals surface area contributed by atoms with Gasteiger partial charge in [0, 0.05) is 12.6 Å². The highest BCUT2D eigenvalue weighted by atomic mass is 35.5. The molecule has 0 aliphatic rings. The Balaban J connectivity index is 2.50. The van der Waals surface area contributed by atoms with E-state index in [0.29, 0.717) is 11.0 Å². The van der Waals surface area contributed by atoms with Crippen molar-refractivity contribution in [3.63, 3.8) is 0 Å². The molecule has 1 aromatic heterocycles. The standard InChI is InChI=1S/C10H14ClN3/c1-3-4-5-6-12-10-7-9(11)13-8(2)14-10/h3-4,7H,5-6H2,1-2H3,(H,12,13,14)/b4-3+. The smallest absolute Gasteiger partial charge is 0.134 e. The largest absolute Gasteiger partial charge is 0.370 e. The molecule has 0 atom stereocenters. The second-order valence-corrected chi connectivity index (χ2v) is 3.29. The van der Waals surface area contributed by atoms with Gasteiger partial charge in [0.15, 0.2) is 0 Å². The molecule has 0 saturated carbocycles. The molecule has 3 nitrogen and oxygen atoms in total. The average Bonchev–Trinajstić information content (AvgIpc) is 2.11. The van der Waals surface area contributed by atoms with Gasteiger partial charge >= 0.3 is 0 Å². The SMILES string of the molecule is C/C=C/CCNc1cc(Cl)nc(C)n1. The molecule has 0 spiro atoms. The number of nitrogens with zero attached hydrogens (tertiary/aromatic N) is 2. The number of halogens is 1. The van der Waals surface area contributed by atoms with Crippen molar-refractivity contribution < 1.29 is 0 Å². The zero-order valence-electron chi connectivity index (χ0n) is 8.42. The van der Waals surface area contributed by atoms with Crippen LogP contribution in [-0.4, -0.2) is 16.5 Å². The van der Waals surface area contributed by atoms with E-state index in [0.717, 1.165) is 18.8 Å². The van der Waals surface area contributed by atoms with Gasteiger partial charge in [-0.15, -0.1) is 0 Å². The van der Waals surface area contributed by atoms with Crippen molar-refractivity contribution in [2.75, 3.05) is 11.9 Å². The Bertz CT molecular complexity index is 303. The molecule has 0 aliphatic carbocycles. The topological polar surface area (TPSA) is 37.8 Å². The van der Waals surface area contributed by atoms with Crippen molar-refractivity contribution in [3.8, 4) is 0 Å². The molecule has 4 heteroatoms. The molecule has 1 aromatic rings. The second-order valence-electron chi connectivity index (χ2n) is 2.91. The highest BCUT2D eigenvalue weighted by Gasteiger charge is 1.97. The fraction of sp³-hybridized carbons (Fsp3) is 0.400. The van der Waals surface area contributed by atoms with Gasteiger partial charge < -0.3 is 5.32 Å². The zero-order valence-corrected chi connectivity index (χ0v) is 9.17. The summed E-state index contributed by atoms with van der Waals surface area (Å²) in [5.41, 5.74) is 0. The number of hydrogen-bond acceptors (Lipinski definition) is 3. The van der Waals surface area contributed by atoms with E-state index in [2.05, 4.69) is 21.4 Å². The molecule has 76 valence electrons. The third-order valence-corrected chi connectivity index (χ3v) is 1.85. The maximum atomic E-state index is 5.79. The van der Waals surface area contributed by atoms with Crippen LogP contribution in [0.4, 0.5) is 5.82 Å². The van der Waals surface area contributed by atoms with Gasteiger partial charge in [-0.2, -0.15) is 0 Å². The highest BCUT2D eigenvalue weighted by molar-refractivity contribution is 6.29. The second kappa shape index (κ2) is 5.60. The minimum absolute atomic E-state index is 0.478. The molecule has 0 saturated heterocycles. The molecule has 1 heterocycles. The average molecular weight is 212 g/mol. The van der Waals surface area contributed by atoms with Crippen LogP contribution < -0.4 is 5.32 Å². The minimum atomic E-state index is 0.478. The molecule has 0 radical (unpaired) electrons. The molecule has 0 aliphatic heterocycles. The third-order valence-electron chi connectivity index (χ3n) is 1.66. The molecule has 0 unspecified atom stereocenters. The number of allylic oxidation sites excluding steroid dienone is 1. The van der Waals surface area contributed by atoms with Crippen LogP contribution in [0.1, 0.15) is 19.2 Å². The van der Waals surface area contributed by atoms with Crippen molar-refractivity contribution in [1.29, 1.82) is 0 Å². The van der Waals surface area contributed by atoms with Crippen molar-refractivity contribution in [1.82, 2.24) is 9.97 Å². The quantitative estimate of drug-likeness (QED) is 0.473. The van der Waals surface area contributed by atoms with E-state index in [1.165, 1.54) is 0 Å². The normalized spacial score (nSPS) is 10.8. The number of aromatic nitrogens is 2. The van der Waals surface area contributed by atoms with Crippen LogP contribution in [0.2, 0.25) is 5.15 Å². The van der Waals surface area contributed by atoms with Crippen molar-refractivity contribution >= 4 is 17.4 Å². The van der Waals surface area contributed by atoms with E-state index >= 15 is 0 Å². The lowest BCUT2D eigenvalue weighted by Gasteiger charge is -2.04. The first-order valence-corrected chi connectivity index (χ1v) is 4.96. The molecular formula is C10H14ClN3. The van der Waals surface area contributed by atoms with Crippen LogP contribution in [0, 0.1) is 6.92 Å². The lowest BCUT2D eigenvalue weighted by molar-refractivity contribution is 1.00. The van der Waals surface area contributed by atoms with E-state index in [-0.39, 0.29) is 0 Å². The third kappa shape index (κ3) is 3.75. The van der Waals surface area contributed by atoms with Gasteiger partial charge in [0.2, 0.25) is 0 Å². The summed E-state index contributed by atoms with van der Waals surface area (Å²) in [7, 11) is 0. The van der Waals surface area contributed by atoms with Crippen LogP contribution in [0.5, 0.6) is 0 Å².